The van der Waals surface area contributed by atoms with Crippen LogP contribution in [0.25, 0.3) is 0 Å². The number of anilines is 1. The number of carbonyl (C=O) groups is 3. The van der Waals surface area contributed by atoms with Crippen LogP contribution in [0.15, 0.2) is 28.7 Å². The molecule has 1 saturated carbocycles. The van der Waals surface area contributed by atoms with E-state index in [1.165, 1.54) is 11.3 Å². The van der Waals surface area contributed by atoms with Gasteiger partial charge < -0.3 is 31.1 Å². The second kappa shape index (κ2) is 10.2. The van der Waals surface area contributed by atoms with E-state index in [0.29, 0.717) is 16.8 Å². The molecule has 5 rings (SSSR count). The van der Waals surface area contributed by atoms with E-state index in [-0.39, 0.29) is 35.6 Å². The minimum Gasteiger partial charge on any atom is -0.510 e. The lowest BCUT2D eigenvalue weighted by Crippen LogP contribution is -2.63. The van der Waals surface area contributed by atoms with Crippen molar-refractivity contribution >= 4 is 23.2 Å². The van der Waals surface area contributed by atoms with Gasteiger partial charge in [-0.15, -0.1) is 0 Å². The van der Waals surface area contributed by atoms with E-state index >= 15 is 0 Å². The SMILES string of the molecule is CN(C)c1cc(C#CC2CCCCC2)c(O)c2c1C[C@H]1C[C@H]3[C@H](N(C)C)C(O)=C(C(N)=O)C(=O)[C@@]3(O)C(O)=C1C2=O. The summed E-state index contributed by atoms with van der Waals surface area (Å²) < 4.78 is 0. The second-order valence-corrected chi connectivity index (χ2v) is 12.1. The lowest BCUT2D eigenvalue weighted by Gasteiger charge is -2.50. The van der Waals surface area contributed by atoms with Crippen LogP contribution in [0, 0.1) is 29.6 Å². The number of fused-ring (bicyclic) bond motifs is 3. The van der Waals surface area contributed by atoms with E-state index in [4.69, 9.17) is 5.73 Å². The summed E-state index contributed by atoms with van der Waals surface area (Å²) in [6.07, 6.45) is 5.64. The third-order valence-corrected chi connectivity index (χ3v) is 9.20. The number of phenols is 1. The Bertz CT molecular complexity index is 1470. The fourth-order valence-corrected chi connectivity index (χ4v) is 7.22. The molecule has 0 aromatic heterocycles. The molecule has 4 atom stereocenters. The highest BCUT2D eigenvalue weighted by molar-refractivity contribution is 6.25. The Morgan fingerprint density at radius 1 is 1.07 bits per heavy atom. The Kier molecular flexibility index (Phi) is 7.16. The standard InChI is InChI=1S/C31H37N3O7/c1-33(2)20-14-16(11-10-15-8-6-5-7-9-15)25(35)22-18(20)12-17-13-19-24(34(3)4)27(37)23(30(32)40)29(39)31(19,41)28(38)21(17)26(22)36/h14-15,17,19,24,35,37-38,41H,5-9,12-13H2,1-4H3,(H2,32,40)/t17-,19-,24-,31-/m0/s1. The highest BCUT2D eigenvalue weighted by Crippen LogP contribution is 2.53. The van der Waals surface area contributed by atoms with Gasteiger partial charge in [-0.2, -0.15) is 0 Å². The number of allylic oxidation sites excluding steroid dienone is 1. The number of ketones is 2. The fourth-order valence-electron chi connectivity index (χ4n) is 7.22. The maximum Gasteiger partial charge on any atom is 0.255 e. The van der Waals surface area contributed by atoms with Gasteiger partial charge in [-0.3, -0.25) is 19.3 Å². The molecule has 1 amide bonds. The Balaban J connectivity index is 1.68. The number of primary amides is 1. The third-order valence-electron chi connectivity index (χ3n) is 9.20. The zero-order valence-electron chi connectivity index (χ0n) is 23.8. The Morgan fingerprint density at radius 2 is 1.73 bits per heavy atom. The fraction of sp³-hybridized carbons (Fsp3) is 0.516. The number of hydrogen-bond donors (Lipinski definition) is 5. The van der Waals surface area contributed by atoms with Crippen molar-refractivity contribution < 1.29 is 34.8 Å². The Morgan fingerprint density at radius 3 is 2.32 bits per heavy atom. The van der Waals surface area contributed by atoms with Crippen LogP contribution in [-0.2, 0) is 16.0 Å². The van der Waals surface area contributed by atoms with Crippen LogP contribution in [-0.4, -0.2) is 82.6 Å². The van der Waals surface area contributed by atoms with Crippen molar-refractivity contribution in [2.24, 2.45) is 23.5 Å². The zero-order valence-corrected chi connectivity index (χ0v) is 23.8. The molecule has 10 nitrogen and oxygen atoms in total. The summed E-state index contributed by atoms with van der Waals surface area (Å²) >= 11 is 0. The van der Waals surface area contributed by atoms with Crippen LogP contribution in [0.5, 0.6) is 5.75 Å². The van der Waals surface area contributed by atoms with Crippen LogP contribution in [0.4, 0.5) is 5.69 Å². The molecule has 0 heterocycles. The van der Waals surface area contributed by atoms with Crippen molar-refractivity contribution in [3.05, 3.63) is 45.4 Å². The van der Waals surface area contributed by atoms with Crippen LogP contribution in [0.3, 0.4) is 0 Å². The summed E-state index contributed by atoms with van der Waals surface area (Å²) in [7, 11) is 6.86. The molecule has 0 bridgehead atoms. The average molecular weight is 564 g/mol. The summed E-state index contributed by atoms with van der Waals surface area (Å²) in [5, 5.41) is 45.6. The highest BCUT2D eigenvalue weighted by Gasteiger charge is 2.63. The number of rotatable bonds is 3. The molecule has 4 aliphatic rings. The maximum atomic E-state index is 14.1. The predicted octanol–water partition coefficient (Wildman–Crippen LogP) is 2.12. The van der Waals surface area contributed by atoms with E-state index in [2.05, 4.69) is 11.8 Å². The largest absolute Gasteiger partial charge is 0.510 e. The van der Waals surface area contributed by atoms with Crippen LogP contribution in [0.1, 0.15) is 60.0 Å². The van der Waals surface area contributed by atoms with Gasteiger partial charge in [-0.05, 0) is 57.3 Å². The summed E-state index contributed by atoms with van der Waals surface area (Å²) in [5.74, 6) is -0.122. The summed E-state index contributed by atoms with van der Waals surface area (Å²) in [6, 6.07) is 0.741. The smallest absolute Gasteiger partial charge is 0.255 e. The molecule has 10 heteroatoms. The molecule has 1 aromatic rings. The molecule has 218 valence electrons. The van der Waals surface area contributed by atoms with Crippen molar-refractivity contribution in [1.82, 2.24) is 4.90 Å². The number of phenolic OH excluding ortho intramolecular Hbond substituents is 1. The van der Waals surface area contributed by atoms with E-state index < -0.39 is 58.0 Å². The van der Waals surface area contributed by atoms with Gasteiger partial charge in [-0.25, -0.2) is 0 Å². The zero-order chi connectivity index (χ0) is 30.0. The van der Waals surface area contributed by atoms with Crippen molar-refractivity contribution in [1.29, 1.82) is 0 Å². The molecule has 1 fully saturated rings. The minimum absolute atomic E-state index is 0.0232. The van der Waals surface area contributed by atoms with E-state index in [9.17, 15) is 34.8 Å². The quantitative estimate of drug-likeness (QED) is 0.274. The number of likely N-dealkylation sites (N-methyl/N-ethyl adjacent to an activating group) is 1. The van der Waals surface area contributed by atoms with Gasteiger partial charge in [0.25, 0.3) is 5.91 Å². The molecular weight excluding hydrogens is 526 g/mol. The summed E-state index contributed by atoms with van der Waals surface area (Å²) in [5.41, 5.74) is 3.28. The number of aromatic hydroxyl groups is 1. The maximum absolute atomic E-state index is 14.1. The van der Waals surface area contributed by atoms with Crippen LogP contribution in [0.2, 0.25) is 0 Å². The van der Waals surface area contributed by atoms with Gasteiger partial charge in [0.1, 0.15) is 22.8 Å². The summed E-state index contributed by atoms with van der Waals surface area (Å²) in [6.45, 7) is 0. The number of aliphatic hydroxyl groups is 3. The number of Topliss-reactive ketones (excluding diaryl/α,β-unsaturated/α-hetero) is 2. The third kappa shape index (κ3) is 4.30. The van der Waals surface area contributed by atoms with Gasteiger partial charge in [0.15, 0.2) is 11.4 Å². The van der Waals surface area contributed by atoms with Gasteiger partial charge in [0.05, 0.1) is 17.2 Å². The van der Waals surface area contributed by atoms with Gasteiger partial charge in [-0.1, -0.05) is 31.1 Å². The average Bonchev–Trinajstić information content (AvgIpc) is 2.90. The van der Waals surface area contributed by atoms with Crippen molar-refractivity contribution in [2.45, 2.75) is 56.6 Å². The number of hydrogen-bond acceptors (Lipinski definition) is 9. The molecule has 0 spiro atoms. The highest BCUT2D eigenvalue weighted by atomic mass is 16.3. The number of nitrogens with zero attached hydrogens (tertiary/aromatic N) is 2. The molecule has 4 aliphatic carbocycles. The minimum atomic E-state index is -2.66. The molecular formula is C31H37N3O7. The van der Waals surface area contributed by atoms with Gasteiger partial charge >= 0.3 is 0 Å². The van der Waals surface area contributed by atoms with Crippen LogP contribution >= 0.6 is 0 Å². The molecule has 0 unspecified atom stereocenters. The number of nitrogens with two attached hydrogens (primary N) is 1. The molecule has 0 saturated heterocycles. The van der Waals surface area contributed by atoms with E-state index in [0.717, 1.165) is 25.7 Å². The topological polar surface area (TPSA) is 165 Å². The first kappa shape index (κ1) is 28.7. The first-order valence-corrected chi connectivity index (χ1v) is 14.0. The van der Waals surface area contributed by atoms with Gasteiger partial charge in [0, 0.05) is 37.2 Å². The monoisotopic (exact) mass is 563 g/mol. The number of amides is 1. The lowest BCUT2D eigenvalue weighted by atomic mass is 9.58. The van der Waals surface area contributed by atoms with Crippen molar-refractivity contribution in [2.75, 3.05) is 33.1 Å². The molecule has 6 N–H and O–H groups in total. The number of carbonyl (C=O) groups excluding carboxylic acids is 3. The predicted molar refractivity (Wildman–Crippen MR) is 151 cm³/mol. The molecule has 0 radical (unpaired) electrons. The molecule has 41 heavy (non-hydrogen) atoms. The molecule has 1 aromatic carbocycles. The number of benzene rings is 1. The van der Waals surface area contributed by atoms with Crippen LogP contribution < -0.4 is 10.6 Å². The normalized spacial score (nSPS) is 28.1. The molecule has 0 aliphatic heterocycles. The first-order chi connectivity index (χ1) is 19.3. The Hall–Kier alpha value is -3.81. The summed E-state index contributed by atoms with van der Waals surface area (Å²) in [4.78, 5) is 43.1. The van der Waals surface area contributed by atoms with Gasteiger partial charge in [0.2, 0.25) is 5.78 Å². The van der Waals surface area contributed by atoms with Crippen molar-refractivity contribution in [3.8, 4) is 17.6 Å². The van der Waals surface area contributed by atoms with E-state index in [1.54, 1.807) is 20.2 Å². The van der Waals surface area contributed by atoms with Crippen molar-refractivity contribution in [3.63, 3.8) is 0 Å². The Labute approximate surface area is 239 Å². The number of aliphatic hydroxyl groups excluding tert-OH is 2. The second-order valence-electron chi connectivity index (χ2n) is 12.1. The first-order valence-electron chi connectivity index (χ1n) is 14.0. The van der Waals surface area contributed by atoms with E-state index in [1.807, 2.05) is 19.0 Å². The lowest BCUT2D eigenvalue weighted by molar-refractivity contribution is -0.148.